The number of carbonyl (C=O) groups is 2. The van der Waals surface area contributed by atoms with Gasteiger partial charge in [0.25, 0.3) is 0 Å². The van der Waals surface area contributed by atoms with Crippen LogP contribution < -0.4 is 4.90 Å². The monoisotopic (exact) mass is 326 g/mol. The molecular weight excluding hydrogens is 304 g/mol. The van der Waals surface area contributed by atoms with Crippen molar-refractivity contribution in [2.24, 2.45) is 0 Å². The molecule has 2 heterocycles. The van der Waals surface area contributed by atoms with Gasteiger partial charge >= 0.3 is 5.97 Å². The van der Waals surface area contributed by atoms with Crippen LogP contribution in [0.4, 0.5) is 5.69 Å². The van der Waals surface area contributed by atoms with Gasteiger partial charge in [-0.2, -0.15) is 0 Å². The van der Waals surface area contributed by atoms with Crippen molar-refractivity contribution < 1.29 is 14.3 Å². The van der Waals surface area contributed by atoms with E-state index in [1.54, 1.807) is 13.8 Å². The number of Topliss-reactive ketones (excluding diaryl/α,β-unsaturated/α-hetero) is 1. The second-order valence-electron chi connectivity index (χ2n) is 6.07. The highest BCUT2D eigenvalue weighted by molar-refractivity contribution is 6.09. The maximum Gasteiger partial charge on any atom is 0.340 e. The summed E-state index contributed by atoms with van der Waals surface area (Å²) in [5.74, 6) is -0.499. The Bertz CT molecular complexity index is 792. The molecule has 5 heteroatoms. The third-order valence-corrected chi connectivity index (χ3v) is 4.45. The third kappa shape index (κ3) is 2.82. The summed E-state index contributed by atoms with van der Waals surface area (Å²) in [5, 5.41) is 0. The van der Waals surface area contributed by atoms with Gasteiger partial charge in [-0.15, -0.1) is 0 Å². The average Bonchev–Trinajstić information content (AvgIpc) is 3.08. The Labute approximate surface area is 141 Å². The highest BCUT2D eigenvalue weighted by Gasteiger charge is 2.28. The molecule has 0 saturated carbocycles. The van der Waals surface area contributed by atoms with E-state index in [9.17, 15) is 9.59 Å². The summed E-state index contributed by atoms with van der Waals surface area (Å²) in [5.41, 5.74) is 4.58. The fourth-order valence-corrected chi connectivity index (χ4v) is 3.41. The first-order valence-electron chi connectivity index (χ1n) is 8.25. The van der Waals surface area contributed by atoms with Gasteiger partial charge in [-0.1, -0.05) is 18.2 Å². The van der Waals surface area contributed by atoms with Gasteiger partial charge < -0.3 is 14.6 Å². The molecule has 0 aliphatic carbocycles. The smallest absolute Gasteiger partial charge is 0.340 e. The Balaban J connectivity index is 1.88. The number of hydrogen-bond acceptors (Lipinski definition) is 4. The lowest BCUT2D eigenvalue weighted by Gasteiger charge is -2.18. The van der Waals surface area contributed by atoms with Crippen molar-refractivity contribution in [3.63, 3.8) is 0 Å². The molecule has 3 rings (SSSR count). The van der Waals surface area contributed by atoms with Crippen molar-refractivity contribution in [1.82, 2.24) is 4.98 Å². The molecule has 0 fully saturated rings. The molecule has 0 unspecified atom stereocenters. The summed E-state index contributed by atoms with van der Waals surface area (Å²) < 4.78 is 5.11. The molecule has 0 saturated heterocycles. The second kappa shape index (κ2) is 6.51. The molecule has 2 aromatic rings. The van der Waals surface area contributed by atoms with Crippen LogP contribution in [0.25, 0.3) is 0 Å². The predicted molar refractivity (Wildman–Crippen MR) is 92.9 cm³/mol. The number of para-hydroxylation sites is 1. The van der Waals surface area contributed by atoms with E-state index in [2.05, 4.69) is 16.0 Å². The van der Waals surface area contributed by atoms with Crippen molar-refractivity contribution in [2.75, 3.05) is 24.6 Å². The van der Waals surface area contributed by atoms with E-state index >= 15 is 0 Å². The number of aromatic nitrogens is 1. The Hall–Kier alpha value is -2.56. The van der Waals surface area contributed by atoms with Crippen molar-refractivity contribution in [1.29, 1.82) is 0 Å². The number of ketones is 1. The molecule has 24 heavy (non-hydrogen) atoms. The van der Waals surface area contributed by atoms with E-state index in [0.29, 0.717) is 22.5 Å². The first kappa shape index (κ1) is 16.3. The summed E-state index contributed by atoms with van der Waals surface area (Å²) in [4.78, 5) is 30.3. The van der Waals surface area contributed by atoms with Gasteiger partial charge in [0.1, 0.15) is 0 Å². The lowest BCUT2D eigenvalue weighted by molar-refractivity contribution is 0.0522. The first-order chi connectivity index (χ1) is 11.5. The Kier molecular flexibility index (Phi) is 4.42. The van der Waals surface area contributed by atoms with Gasteiger partial charge in [0, 0.05) is 23.6 Å². The van der Waals surface area contributed by atoms with Crippen LogP contribution in [0.15, 0.2) is 24.3 Å². The Morgan fingerprint density at radius 2 is 1.88 bits per heavy atom. The normalized spacial score (nSPS) is 13.0. The van der Waals surface area contributed by atoms with Crippen LogP contribution in [0.3, 0.4) is 0 Å². The minimum Gasteiger partial charge on any atom is -0.462 e. The Morgan fingerprint density at radius 3 is 2.62 bits per heavy atom. The number of anilines is 1. The molecule has 1 aromatic carbocycles. The van der Waals surface area contributed by atoms with E-state index in [-0.39, 0.29) is 18.9 Å². The number of esters is 1. The number of nitrogens with zero attached hydrogens (tertiary/aromatic N) is 1. The van der Waals surface area contributed by atoms with Crippen LogP contribution in [0.1, 0.15) is 44.6 Å². The lowest BCUT2D eigenvalue weighted by Crippen LogP contribution is -2.29. The first-order valence-corrected chi connectivity index (χ1v) is 8.25. The SMILES string of the molecule is CCOC(=O)c1c(C)[nH]c(C)c1C(=O)CN1CCc2ccccc21. The number of fused-ring (bicyclic) bond motifs is 1. The summed E-state index contributed by atoms with van der Waals surface area (Å²) in [6.45, 7) is 6.75. The summed E-state index contributed by atoms with van der Waals surface area (Å²) in [7, 11) is 0. The highest BCUT2D eigenvalue weighted by atomic mass is 16.5. The zero-order chi connectivity index (χ0) is 17.3. The standard InChI is InChI=1S/C19H22N2O3/c1-4-24-19(23)18-13(3)20-12(2)17(18)16(22)11-21-10-9-14-7-5-6-8-15(14)21/h5-8,20H,4,9-11H2,1-3H3. The minimum absolute atomic E-state index is 0.0587. The topological polar surface area (TPSA) is 62.4 Å². The molecule has 126 valence electrons. The van der Waals surface area contributed by atoms with Crippen LogP contribution in [-0.2, 0) is 11.2 Å². The third-order valence-electron chi connectivity index (χ3n) is 4.45. The number of rotatable bonds is 5. The number of aryl methyl sites for hydroxylation is 2. The fraction of sp³-hybridized carbons (Fsp3) is 0.368. The second-order valence-corrected chi connectivity index (χ2v) is 6.07. The van der Waals surface area contributed by atoms with Crippen molar-refractivity contribution in [3.8, 4) is 0 Å². The van der Waals surface area contributed by atoms with E-state index in [1.807, 2.05) is 25.1 Å². The number of aromatic amines is 1. The van der Waals surface area contributed by atoms with Crippen LogP contribution in [-0.4, -0.2) is 36.4 Å². The highest BCUT2D eigenvalue weighted by Crippen LogP contribution is 2.28. The maximum absolute atomic E-state index is 12.9. The molecule has 1 aliphatic rings. The van der Waals surface area contributed by atoms with Gasteiger partial charge in [-0.05, 0) is 38.8 Å². The molecular formula is C19H22N2O3. The zero-order valence-corrected chi connectivity index (χ0v) is 14.3. The van der Waals surface area contributed by atoms with Crippen molar-refractivity contribution in [3.05, 3.63) is 52.3 Å². The lowest BCUT2D eigenvalue weighted by atomic mass is 10.0. The number of ether oxygens (including phenoxy) is 1. The molecule has 1 N–H and O–H groups in total. The van der Waals surface area contributed by atoms with Gasteiger partial charge in [0.2, 0.25) is 0 Å². The van der Waals surface area contributed by atoms with E-state index in [4.69, 9.17) is 4.74 Å². The molecule has 0 radical (unpaired) electrons. The molecule has 0 amide bonds. The minimum atomic E-state index is -0.440. The quantitative estimate of drug-likeness (QED) is 0.677. The van der Waals surface area contributed by atoms with Gasteiger partial charge in [0.15, 0.2) is 5.78 Å². The van der Waals surface area contributed by atoms with Crippen LogP contribution in [0, 0.1) is 13.8 Å². The van der Waals surface area contributed by atoms with Crippen molar-refractivity contribution >= 4 is 17.4 Å². The van der Waals surface area contributed by atoms with Crippen molar-refractivity contribution in [2.45, 2.75) is 27.2 Å². The summed E-state index contributed by atoms with van der Waals surface area (Å²) in [6, 6.07) is 8.13. The van der Waals surface area contributed by atoms with E-state index in [1.165, 1.54) is 5.56 Å². The van der Waals surface area contributed by atoms with Gasteiger partial charge in [-0.25, -0.2) is 4.79 Å². The number of carbonyl (C=O) groups excluding carboxylic acids is 2. The van der Waals surface area contributed by atoms with Crippen LogP contribution in [0.2, 0.25) is 0 Å². The number of benzene rings is 1. The largest absolute Gasteiger partial charge is 0.462 e. The van der Waals surface area contributed by atoms with Gasteiger partial charge in [0.05, 0.1) is 24.3 Å². The van der Waals surface area contributed by atoms with Crippen LogP contribution in [0.5, 0.6) is 0 Å². The molecule has 1 aromatic heterocycles. The summed E-state index contributed by atoms with van der Waals surface area (Å²) >= 11 is 0. The fourth-order valence-electron chi connectivity index (χ4n) is 3.41. The molecule has 0 spiro atoms. The number of hydrogen-bond donors (Lipinski definition) is 1. The summed E-state index contributed by atoms with van der Waals surface area (Å²) in [6.07, 6.45) is 0.944. The van der Waals surface area contributed by atoms with E-state index < -0.39 is 5.97 Å². The maximum atomic E-state index is 12.9. The number of nitrogens with one attached hydrogen (secondary N) is 1. The zero-order valence-electron chi connectivity index (χ0n) is 14.3. The molecule has 1 aliphatic heterocycles. The number of H-pyrrole nitrogens is 1. The average molecular weight is 326 g/mol. The molecule has 5 nitrogen and oxygen atoms in total. The van der Waals surface area contributed by atoms with Gasteiger partial charge in [-0.3, -0.25) is 4.79 Å². The Morgan fingerprint density at radius 1 is 1.17 bits per heavy atom. The molecule has 0 bridgehead atoms. The molecule has 0 atom stereocenters. The predicted octanol–water partition coefficient (Wildman–Crippen LogP) is 3.05. The van der Waals surface area contributed by atoms with E-state index in [0.717, 1.165) is 18.7 Å². The van der Waals surface area contributed by atoms with Crippen LogP contribution >= 0.6 is 0 Å².